The molecule has 1 aliphatic carbocycles. The number of carbonyl (C=O) groups excluding carboxylic acids is 1. The fraction of sp³-hybridized carbons (Fsp3) is 0.389. The Kier molecular flexibility index (Phi) is 4.22. The predicted molar refractivity (Wildman–Crippen MR) is 101 cm³/mol. The molecule has 136 valence electrons. The zero-order chi connectivity index (χ0) is 18.3. The summed E-state index contributed by atoms with van der Waals surface area (Å²) >= 11 is 1.53. The van der Waals surface area contributed by atoms with Crippen molar-refractivity contribution in [3.8, 4) is 0 Å². The zero-order valence-corrected chi connectivity index (χ0v) is 15.2. The Morgan fingerprint density at radius 3 is 3.12 bits per heavy atom. The van der Waals surface area contributed by atoms with Crippen molar-refractivity contribution in [2.75, 3.05) is 11.1 Å². The van der Waals surface area contributed by atoms with E-state index in [9.17, 15) is 9.18 Å². The number of nitrogens with one attached hydrogen (secondary N) is 1. The Morgan fingerprint density at radius 2 is 2.35 bits per heavy atom. The highest BCUT2D eigenvalue weighted by atomic mass is 32.2. The van der Waals surface area contributed by atoms with Crippen molar-refractivity contribution in [1.82, 2.24) is 9.55 Å². The van der Waals surface area contributed by atoms with Gasteiger partial charge in [-0.3, -0.25) is 9.79 Å². The van der Waals surface area contributed by atoms with Crippen LogP contribution in [0.15, 0.2) is 35.7 Å². The molecule has 8 heteroatoms. The van der Waals surface area contributed by atoms with Crippen molar-refractivity contribution in [3.63, 3.8) is 0 Å². The number of rotatable bonds is 3. The number of aliphatic imine (C=N–C) groups is 1. The first-order valence-corrected chi connectivity index (χ1v) is 9.54. The third-order valence-electron chi connectivity index (χ3n) is 5.16. The van der Waals surface area contributed by atoms with Crippen LogP contribution in [0.5, 0.6) is 0 Å². The van der Waals surface area contributed by atoms with Crippen molar-refractivity contribution in [2.24, 2.45) is 23.7 Å². The van der Waals surface area contributed by atoms with Gasteiger partial charge in [0.05, 0.1) is 11.9 Å². The predicted octanol–water partition coefficient (Wildman–Crippen LogP) is 2.87. The number of thioether (sulfide) groups is 1. The number of anilines is 1. The van der Waals surface area contributed by atoms with Gasteiger partial charge in [0.1, 0.15) is 11.5 Å². The molecule has 1 fully saturated rings. The van der Waals surface area contributed by atoms with Crippen LogP contribution in [-0.2, 0) is 12.6 Å². The summed E-state index contributed by atoms with van der Waals surface area (Å²) in [5, 5.41) is 3.30. The third kappa shape index (κ3) is 2.88. The van der Waals surface area contributed by atoms with Crippen molar-refractivity contribution in [2.45, 2.75) is 24.8 Å². The van der Waals surface area contributed by atoms with Crippen LogP contribution in [0.4, 0.5) is 10.1 Å². The van der Waals surface area contributed by atoms with Crippen LogP contribution in [-0.4, -0.2) is 26.4 Å². The number of nitrogens with two attached hydrogens (primary N) is 1. The first kappa shape index (κ1) is 17.1. The summed E-state index contributed by atoms with van der Waals surface area (Å²) in [5.41, 5.74) is 6.71. The van der Waals surface area contributed by atoms with Gasteiger partial charge < -0.3 is 15.6 Å². The number of amidine groups is 1. The molecule has 1 unspecified atom stereocenters. The van der Waals surface area contributed by atoms with Crippen LogP contribution < -0.4 is 11.1 Å². The van der Waals surface area contributed by atoms with Crippen molar-refractivity contribution in [1.29, 1.82) is 0 Å². The number of halogens is 1. The second-order valence-corrected chi connectivity index (χ2v) is 7.89. The Labute approximate surface area is 155 Å². The third-order valence-corrected chi connectivity index (χ3v) is 6.11. The number of aromatic nitrogens is 2. The monoisotopic (exact) mass is 373 g/mol. The number of aryl methyl sites for hydroxylation is 1. The Bertz CT molecular complexity index is 895. The lowest BCUT2D eigenvalue weighted by molar-refractivity contribution is 0.102. The summed E-state index contributed by atoms with van der Waals surface area (Å²) in [6, 6.07) is 4.65. The first-order valence-electron chi connectivity index (χ1n) is 8.55. The first-order chi connectivity index (χ1) is 12.5. The minimum Gasteiger partial charge on any atom is -0.379 e. The molecule has 6 nitrogen and oxygen atoms in total. The summed E-state index contributed by atoms with van der Waals surface area (Å²) < 4.78 is 16.4. The summed E-state index contributed by atoms with van der Waals surface area (Å²) in [7, 11) is 1.79. The quantitative estimate of drug-likeness (QED) is 0.866. The molecule has 26 heavy (non-hydrogen) atoms. The minimum atomic E-state index is -0.620. The van der Waals surface area contributed by atoms with E-state index in [1.54, 1.807) is 36.3 Å². The fourth-order valence-electron chi connectivity index (χ4n) is 3.92. The molecule has 0 spiro atoms. The molecule has 2 atom stereocenters. The van der Waals surface area contributed by atoms with Gasteiger partial charge in [0.2, 0.25) is 0 Å². The molecule has 0 saturated heterocycles. The number of nitrogens with zero attached hydrogens (tertiary/aromatic N) is 3. The van der Waals surface area contributed by atoms with E-state index in [0.29, 0.717) is 22.1 Å². The molecular formula is C18H20FN5OS. The maximum Gasteiger partial charge on any atom is 0.275 e. The normalized spacial score (nSPS) is 24.8. The van der Waals surface area contributed by atoms with Gasteiger partial charge >= 0.3 is 0 Å². The van der Waals surface area contributed by atoms with Crippen molar-refractivity contribution >= 4 is 28.5 Å². The largest absolute Gasteiger partial charge is 0.379 e. The molecule has 3 N–H and O–H groups in total. The number of imidazole rings is 1. The van der Waals surface area contributed by atoms with E-state index in [-0.39, 0.29) is 17.6 Å². The maximum atomic E-state index is 14.7. The molecule has 1 aliphatic heterocycles. The zero-order valence-electron chi connectivity index (χ0n) is 14.4. The van der Waals surface area contributed by atoms with E-state index in [2.05, 4.69) is 15.3 Å². The number of fused-ring (bicyclic) bond motifs is 1. The lowest BCUT2D eigenvalue weighted by atomic mass is 9.81. The molecule has 2 aromatic rings. The van der Waals surface area contributed by atoms with E-state index in [4.69, 9.17) is 5.73 Å². The molecule has 1 amide bonds. The van der Waals surface area contributed by atoms with Crippen LogP contribution in [0, 0.1) is 11.7 Å². The van der Waals surface area contributed by atoms with Crippen LogP contribution >= 0.6 is 11.8 Å². The molecule has 0 radical (unpaired) electrons. The molecule has 1 aromatic heterocycles. The maximum absolute atomic E-state index is 14.7. The van der Waals surface area contributed by atoms with E-state index < -0.39 is 5.54 Å². The Morgan fingerprint density at radius 1 is 1.50 bits per heavy atom. The van der Waals surface area contributed by atoms with E-state index in [1.165, 1.54) is 17.8 Å². The van der Waals surface area contributed by atoms with Gasteiger partial charge in [-0.05, 0) is 37.0 Å². The summed E-state index contributed by atoms with van der Waals surface area (Å²) in [4.78, 5) is 21.1. The minimum absolute atomic E-state index is 0.260. The van der Waals surface area contributed by atoms with Crippen LogP contribution in [0.1, 0.15) is 35.3 Å². The van der Waals surface area contributed by atoms with Crippen molar-refractivity contribution < 1.29 is 9.18 Å². The smallest absolute Gasteiger partial charge is 0.275 e. The number of carbonyl (C=O) groups is 1. The van der Waals surface area contributed by atoms with Gasteiger partial charge in [-0.25, -0.2) is 9.37 Å². The lowest BCUT2D eigenvalue weighted by Crippen LogP contribution is -2.37. The molecule has 0 bridgehead atoms. The van der Waals surface area contributed by atoms with Crippen molar-refractivity contribution in [3.05, 3.63) is 47.8 Å². The standard InChI is InChI=1S/C18H20FN5OS/c1-24-8-15(21-10-24)16(25)22-12-4-5-14(19)13(7-12)18-6-2-3-11(18)9-26-17(20)23-18/h4-5,7-8,10-11H,2-3,6,9H2,1H3,(H2,20,23)(H,22,25)/t11?,18-/m0/s1. The summed E-state index contributed by atoms with van der Waals surface area (Å²) in [5.74, 6) is 0.470. The highest BCUT2D eigenvalue weighted by Gasteiger charge is 2.48. The molecule has 1 saturated carbocycles. The second kappa shape index (κ2) is 6.42. The fourth-order valence-corrected chi connectivity index (χ4v) is 4.96. The second-order valence-electron chi connectivity index (χ2n) is 6.85. The van der Waals surface area contributed by atoms with Gasteiger partial charge in [0.25, 0.3) is 5.91 Å². The van der Waals surface area contributed by atoms with Crippen LogP contribution in [0.3, 0.4) is 0 Å². The van der Waals surface area contributed by atoms with E-state index >= 15 is 0 Å². The highest BCUT2D eigenvalue weighted by molar-refractivity contribution is 8.13. The Hall–Kier alpha value is -2.35. The number of benzene rings is 1. The van der Waals surface area contributed by atoms with E-state index in [0.717, 1.165) is 25.0 Å². The van der Waals surface area contributed by atoms with Crippen LogP contribution in [0.25, 0.3) is 0 Å². The lowest BCUT2D eigenvalue weighted by Gasteiger charge is -2.36. The van der Waals surface area contributed by atoms with Gasteiger partial charge in [-0.1, -0.05) is 18.2 Å². The molecule has 2 aliphatic rings. The summed E-state index contributed by atoms with van der Waals surface area (Å²) in [6.07, 6.45) is 5.96. The van der Waals surface area contributed by atoms with Crippen LogP contribution in [0.2, 0.25) is 0 Å². The average molecular weight is 373 g/mol. The van der Waals surface area contributed by atoms with Gasteiger partial charge in [0, 0.05) is 30.2 Å². The van der Waals surface area contributed by atoms with Gasteiger partial charge in [-0.15, -0.1) is 0 Å². The number of amides is 1. The summed E-state index contributed by atoms with van der Waals surface area (Å²) in [6.45, 7) is 0. The molecule has 1 aromatic carbocycles. The molecular weight excluding hydrogens is 353 g/mol. The number of hydrogen-bond acceptors (Lipinski definition) is 5. The number of hydrogen-bond donors (Lipinski definition) is 2. The average Bonchev–Trinajstić information content (AvgIpc) is 3.23. The SMILES string of the molecule is Cn1cnc(C(=O)Nc2ccc(F)c([C@]34CCCC3CSC(N)=N4)c2)c1. The molecule has 2 heterocycles. The van der Waals surface area contributed by atoms with Gasteiger partial charge in [0.15, 0.2) is 5.17 Å². The van der Waals surface area contributed by atoms with E-state index in [1.807, 2.05) is 0 Å². The topological polar surface area (TPSA) is 85.3 Å². The highest BCUT2D eigenvalue weighted by Crippen LogP contribution is 2.51. The Balaban J connectivity index is 1.68. The molecule has 4 rings (SSSR count). The van der Waals surface area contributed by atoms with Gasteiger partial charge in [-0.2, -0.15) is 0 Å².